The van der Waals surface area contributed by atoms with Crippen LogP contribution in [0, 0.1) is 11.8 Å². The summed E-state index contributed by atoms with van der Waals surface area (Å²) in [5.74, 6) is -0.567. The highest BCUT2D eigenvalue weighted by Gasteiger charge is 2.30. The van der Waals surface area contributed by atoms with Crippen LogP contribution in [0.4, 0.5) is 0 Å². The van der Waals surface area contributed by atoms with Gasteiger partial charge in [0.2, 0.25) is 0 Å². The van der Waals surface area contributed by atoms with Crippen molar-refractivity contribution in [3.63, 3.8) is 0 Å². The number of ether oxygens (including phenoxy) is 4. The van der Waals surface area contributed by atoms with Crippen molar-refractivity contribution >= 4 is 39.5 Å². The maximum absolute atomic E-state index is 13.0. The molecule has 0 spiro atoms. The lowest BCUT2D eigenvalue weighted by Gasteiger charge is -2.21. The van der Waals surface area contributed by atoms with Crippen LogP contribution in [0.5, 0.6) is 0 Å². The molecular weight excluding hydrogens is 1140 g/mol. The Kier molecular flexibility index (Phi) is 58.0. The zero-order valence-corrected chi connectivity index (χ0v) is 57.4. The number of unbranched alkanes of at least 4 members (excludes halogenated alkanes) is 35. The van der Waals surface area contributed by atoms with Crippen LogP contribution in [0.1, 0.15) is 337 Å². The normalized spacial score (nSPS) is 14.5. The van der Waals surface area contributed by atoms with Crippen LogP contribution >= 0.6 is 15.6 Å². The van der Waals surface area contributed by atoms with Gasteiger partial charge in [-0.3, -0.25) is 37.3 Å². The number of hydrogen-bond acceptors (Lipinski definition) is 15. The fraction of sp³-hybridized carbons (Fsp3) is 0.940. The third-order valence-electron chi connectivity index (χ3n) is 15.8. The van der Waals surface area contributed by atoms with Crippen molar-refractivity contribution in [2.24, 2.45) is 11.8 Å². The Morgan fingerprint density at radius 3 is 0.884 bits per heavy atom. The molecule has 0 amide bonds. The van der Waals surface area contributed by atoms with Gasteiger partial charge in [0.1, 0.15) is 19.3 Å². The smallest absolute Gasteiger partial charge is 0.462 e. The molecular formula is C67H130O17P2. The molecule has 0 rings (SSSR count). The lowest BCUT2D eigenvalue weighted by Crippen LogP contribution is -2.30. The second kappa shape index (κ2) is 59.4. The van der Waals surface area contributed by atoms with Gasteiger partial charge in [-0.15, -0.1) is 0 Å². The van der Waals surface area contributed by atoms with Crippen LogP contribution in [0.25, 0.3) is 0 Å². The van der Waals surface area contributed by atoms with Crippen molar-refractivity contribution < 1.29 is 80.2 Å². The van der Waals surface area contributed by atoms with Crippen molar-refractivity contribution in [3.05, 3.63) is 0 Å². The number of phosphoric acid groups is 2. The first-order valence-electron chi connectivity index (χ1n) is 35.0. The average molecular weight is 1270 g/mol. The largest absolute Gasteiger partial charge is 0.472 e. The number of carbonyl (C=O) groups excluding carboxylic acids is 4. The van der Waals surface area contributed by atoms with Crippen LogP contribution < -0.4 is 0 Å². The number of esters is 4. The van der Waals surface area contributed by atoms with Crippen molar-refractivity contribution in [2.75, 3.05) is 39.6 Å². The minimum absolute atomic E-state index is 0.106. The van der Waals surface area contributed by atoms with Gasteiger partial charge in [0.15, 0.2) is 12.2 Å². The highest BCUT2D eigenvalue weighted by molar-refractivity contribution is 7.47. The molecule has 3 N–H and O–H groups in total. The average Bonchev–Trinajstić information content (AvgIpc) is 3.66. The van der Waals surface area contributed by atoms with Gasteiger partial charge in [-0.2, -0.15) is 0 Å². The zero-order chi connectivity index (χ0) is 63.6. The standard InChI is InChI=1S/C67H130O17P2/c1-7-10-12-14-16-18-25-33-39-45-51-66(71)83-62(55-77-64(69)49-43-37-31-17-15-13-11-8-2)57-81-85(73,74)79-53-61(68)54-80-86(75,76)82-58-63(56-78-65(70)50-44-38-32-28-27-30-36-42-48-60(6)9-3)84-67(72)52-46-40-34-26-23-21-19-20-22-24-29-35-41-47-59(4)5/h59-63,68H,7-58H2,1-6H3,(H,73,74)(H,75,76)/t60?,61-,62+,63+/m0/s1. The van der Waals surface area contributed by atoms with Crippen LogP contribution in [-0.2, 0) is 65.4 Å². The molecule has 86 heavy (non-hydrogen) atoms. The lowest BCUT2D eigenvalue weighted by atomic mass is 9.99. The molecule has 0 fully saturated rings. The Morgan fingerprint density at radius 2 is 0.593 bits per heavy atom. The zero-order valence-electron chi connectivity index (χ0n) is 55.6. The van der Waals surface area contributed by atoms with Gasteiger partial charge in [0.25, 0.3) is 0 Å². The van der Waals surface area contributed by atoms with E-state index >= 15 is 0 Å². The molecule has 0 aliphatic carbocycles. The third-order valence-corrected chi connectivity index (χ3v) is 17.7. The van der Waals surface area contributed by atoms with E-state index in [4.69, 9.17) is 37.0 Å². The van der Waals surface area contributed by atoms with Crippen LogP contribution in [-0.4, -0.2) is 96.7 Å². The highest BCUT2D eigenvalue weighted by atomic mass is 31.2. The quantitative estimate of drug-likeness (QED) is 0.0222. The van der Waals surface area contributed by atoms with E-state index in [-0.39, 0.29) is 25.7 Å². The summed E-state index contributed by atoms with van der Waals surface area (Å²) < 4.78 is 68.1. The first kappa shape index (κ1) is 84.1. The van der Waals surface area contributed by atoms with E-state index in [9.17, 15) is 43.2 Å². The molecule has 510 valence electrons. The molecule has 0 aromatic carbocycles. The predicted octanol–water partition coefficient (Wildman–Crippen LogP) is 18.8. The maximum Gasteiger partial charge on any atom is 0.472 e. The molecule has 3 unspecified atom stereocenters. The molecule has 0 radical (unpaired) electrons. The summed E-state index contributed by atoms with van der Waals surface area (Å²) in [6.07, 6.45) is 43.0. The molecule has 0 aromatic heterocycles. The monoisotopic (exact) mass is 1270 g/mol. The van der Waals surface area contributed by atoms with E-state index < -0.39 is 97.5 Å². The molecule has 6 atom stereocenters. The van der Waals surface area contributed by atoms with Crippen LogP contribution in [0.3, 0.4) is 0 Å². The Hall–Kier alpha value is -1.94. The molecule has 0 aliphatic rings. The number of aliphatic hydroxyl groups excluding tert-OH is 1. The van der Waals surface area contributed by atoms with Gasteiger partial charge in [0.05, 0.1) is 26.4 Å². The van der Waals surface area contributed by atoms with E-state index in [2.05, 4.69) is 41.5 Å². The summed E-state index contributed by atoms with van der Waals surface area (Å²) in [6.45, 7) is 9.51. The number of aliphatic hydroxyl groups is 1. The van der Waals surface area contributed by atoms with Crippen LogP contribution in [0.2, 0.25) is 0 Å². The summed E-state index contributed by atoms with van der Waals surface area (Å²) >= 11 is 0. The summed E-state index contributed by atoms with van der Waals surface area (Å²) in [5, 5.41) is 10.6. The second-order valence-electron chi connectivity index (χ2n) is 24.9. The van der Waals surface area contributed by atoms with Crippen molar-refractivity contribution in [1.29, 1.82) is 0 Å². The second-order valence-corrected chi connectivity index (χ2v) is 27.8. The summed E-state index contributed by atoms with van der Waals surface area (Å²) in [5.41, 5.74) is 0. The van der Waals surface area contributed by atoms with Gasteiger partial charge in [-0.25, -0.2) is 9.13 Å². The number of rotatable bonds is 66. The van der Waals surface area contributed by atoms with Crippen LogP contribution in [0.15, 0.2) is 0 Å². The highest BCUT2D eigenvalue weighted by Crippen LogP contribution is 2.45. The maximum atomic E-state index is 13.0. The fourth-order valence-corrected chi connectivity index (χ4v) is 11.6. The minimum atomic E-state index is -4.95. The molecule has 0 bridgehead atoms. The van der Waals surface area contributed by atoms with Gasteiger partial charge in [0, 0.05) is 25.7 Å². The van der Waals surface area contributed by atoms with Gasteiger partial charge >= 0.3 is 39.5 Å². The SMILES string of the molecule is CCCCCCCCCCCCC(=O)O[C@H](COC(=O)CCCCCCCCCC)COP(=O)(O)OC[C@H](O)COP(=O)(O)OC[C@@H](COC(=O)CCCCCCCCCCC(C)CC)OC(=O)CCCCCCCCCCCCCCCC(C)C. The number of phosphoric ester groups is 2. The first-order chi connectivity index (χ1) is 41.4. The van der Waals surface area contributed by atoms with Gasteiger partial charge in [-0.05, 0) is 37.5 Å². The van der Waals surface area contributed by atoms with E-state index in [1.54, 1.807) is 0 Å². The van der Waals surface area contributed by atoms with E-state index in [1.807, 2.05) is 0 Å². The van der Waals surface area contributed by atoms with E-state index in [0.29, 0.717) is 25.7 Å². The molecule has 0 aromatic rings. The van der Waals surface area contributed by atoms with Gasteiger partial charge < -0.3 is 33.8 Å². The Labute approximate surface area is 524 Å². The first-order valence-corrected chi connectivity index (χ1v) is 38.0. The van der Waals surface area contributed by atoms with Crippen molar-refractivity contribution in [1.82, 2.24) is 0 Å². The fourth-order valence-electron chi connectivity index (χ4n) is 10.0. The van der Waals surface area contributed by atoms with Crippen molar-refractivity contribution in [2.45, 2.75) is 355 Å². The minimum Gasteiger partial charge on any atom is -0.462 e. The van der Waals surface area contributed by atoms with Gasteiger partial charge in [-0.1, -0.05) is 286 Å². The summed E-state index contributed by atoms with van der Waals surface area (Å²) in [4.78, 5) is 72.3. The third kappa shape index (κ3) is 59.7. The Balaban J connectivity index is 5.22. The topological polar surface area (TPSA) is 237 Å². The summed E-state index contributed by atoms with van der Waals surface area (Å²) in [6, 6.07) is 0. The number of hydrogen-bond donors (Lipinski definition) is 3. The Bertz CT molecular complexity index is 1690. The van der Waals surface area contributed by atoms with E-state index in [1.165, 1.54) is 148 Å². The summed E-state index contributed by atoms with van der Waals surface area (Å²) in [7, 11) is -9.89. The van der Waals surface area contributed by atoms with E-state index in [0.717, 1.165) is 108 Å². The van der Waals surface area contributed by atoms with Crippen molar-refractivity contribution in [3.8, 4) is 0 Å². The molecule has 0 saturated heterocycles. The lowest BCUT2D eigenvalue weighted by molar-refractivity contribution is -0.161. The molecule has 17 nitrogen and oxygen atoms in total. The molecule has 0 heterocycles. The molecule has 0 aliphatic heterocycles. The number of carbonyl (C=O) groups is 4. The molecule has 19 heteroatoms. The predicted molar refractivity (Wildman–Crippen MR) is 345 cm³/mol. The Morgan fingerprint density at radius 1 is 0.337 bits per heavy atom. The molecule has 0 saturated carbocycles.